The molecule has 1 aromatic rings. The second kappa shape index (κ2) is 6.51. The average molecular weight is 267 g/mol. The number of nitrogens with zero attached hydrogens (tertiary/aromatic N) is 4. The van der Waals surface area contributed by atoms with Crippen molar-refractivity contribution in [2.45, 2.75) is 26.8 Å². The smallest absolute Gasteiger partial charge is 0.323 e. The molecule has 1 aliphatic heterocycles. The fourth-order valence-electron chi connectivity index (χ4n) is 1.77. The Balaban J connectivity index is 2.21. The number of morpholine rings is 1. The Morgan fingerprint density at radius 2 is 2.00 bits per heavy atom. The summed E-state index contributed by atoms with van der Waals surface area (Å²) in [5.74, 6) is 1.19. The first-order valence-corrected chi connectivity index (χ1v) is 6.67. The minimum atomic E-state index is 0.259. The average Bonchev–Trinajstić information content (AvgIpc) is 2.39. The Morgan fingerprint density at radius 1 is 1.26 bits per heavy atom. The van der Waals surface area contributed by atoms with E-state index in [0.717, 1.165) is 13.1 Å². The first-order valence-electron chi connectivity index (χ1n) is 6.67. The predicted molar refractivity (Wildman–Crippen MR) is 72.8 cm³/mol. The standard InChI is InChI=1S/C12H21N5O2/c1-4-19-12-15-10(13-9(2)3)14-11(16-12)17-5-7-18-8-6-17/h9H,4-8H2,1-3H3,(H,13,14,15,16). The molecule has 1 aliphatic rings. The summed E-state index contributed by atoms with van der Waals surface area (Å²) in [6.45, 7) is 9.50. The zero-order chi connectivity index (χ0) is 13.7. The molecule has 19 heavy (non-hydrogen) atoms. The molecule has 2 heterocycles. The van der Waals surface area contributed by atoms with E-state index in [0.29, 0.717) is 37.7 Å². The number of aromatic nitrogens is 3. The van der Waals surface area contributed by atoms with Crippen LogP contribution in [0.5, 0.6) is 6.01 Å². The monoisotopic (exact) mass is 267 g/mol. The largest absolute Gasteiger partial charge is 0.464 e. The van der Waals surface area contributed by atoms with Crippen LogP contribution in [0.3, 0.4) is 0 Å². The number of hydrogen-bond donors (Lipinski definition) is 1. The van der Waals surface area contributed by atoms with E-state index in [1.54, 1.807) is 0 Å². The number of ether oxygens (including phenoxy) is 2. The van der Waals surface area contributed by atoms with Gasteiger partial charge in [0, 0.05) is 19.1 Å². The van der Waals surface area contributed by atoms with Crippen LogP contribution in [-0.2, 0) is 4.74 Å². The van der Waals surface area contributed by atoms with Gasteiger partial charge in [-0.05, 0) is 20.8 Å². The summed E-state index contributed by atoms with van der Waals surface area (Å²) in [6.07, 6.45) is 0. The fourth-order valence-corrected chi connectivity index (χ4v) is 1.77. The number of hydrogen-bond acceptors (Lipinski definition) is 7. The molecule has 0 bridgehead atoms. The van der Waals surface area contributed by atoms with E-state index in [2.05, 4.69) is 25.2 Å². The van der Waals surface area contributed by atoms with Gasteiger partial charge in [-0.1, -0.05) is 0 Å². The molecule has 1 aromatic heterocycles. The van der Waals surface area contributed by atoms with E-state index in [-0.39, 0.29) is 6.04 Å². The van der Waals surface area contributed by atoms with Crippen molar-refractivity contribution in [3.63, 3.8) is 0 Å². The number of nitrogens with one attached hydrogen (secondary N) is 1. The lowest BCUT2D eigenvalue weighted by Gasteiger charge is -2.27. The van der Waals surface area contributed by atoms with Crippen LogP contribution in [0, 0.1) is 0 Å². The zero-order valence-corrected chi connectivity index (χ0v) is 11.7. The molecule has 2 rings (SSSR count). The molecule has 7 nitrogen and oxygen atoms in total. The molecule has 1 N–H and O–H groups in total. The molecule has 0 spiro atoms. The van der Waals surface area contributed by atoms with Gasteiger partial charge in [0.2, 0.25) is 11.9 Å². The van der Waals surface area contributed by atoms with Gasteiger partial charge in [0.05, 0.1) is 19.8 Å². The predicted octanol–water partition coefficient (Wildman–Crippen LogP) is 0.927. The van der Waals surface area contributed by atoms with E-state index < -0.39 is 0 Å². The van der Waals surface area contributed by atoms with Gasteiger partial charge < -0.3 is 19.7 Å². The molecule has 1 saturated heterocycles. The lowest BCUT2D eigenvalue weighted by molar-refractivity contribution is 0.122. The maximum absolute atomic E-state index is 5.40. The molecule has 0 unspecified atom stereocenters. The third-order valence-electron chi connectivity index (χ3n) is 2.59. The molecular weight excluding hydrogens is 246 g/mol. The van der Waals surface area contributed by atoms with Crippen molar-refractivity contribution < 1.29 is 9.47 Å². The first-order chi connectivity index (χ1) is 9.19. The van der Waals surface area contributed by atoms with Gasteiger partial charge in [-0.2, -0.15) is 15.0 Å². The van der Waals surface area contributed by atoms with Crippen LogP contribution in [0.4, 0.5) is 11.9 Å². The Kier molecular flexibility index (Phi) is 4.73. The van der Waals surface area contributed by atoms with E-state index in [1.807, 2.05) is 20.8 Å². The summed E-state index contributed by atoms with van der Waals surface area (Å²) in [7, 11) is 0. The summed E-state index contributed by atoms with van der Waals surface area (Å²) < 4.78 is 10.7. The van der Waals surface area contributed by atoms with E-state index in [9.17, 15) is 0 Å². The van der Waals surface area contributed by atoms with E-state index >= 15 is 0 Å². The maximum Gasteiger partial charge on any atom is 0.323 e. The van der Waals surface area contributed by atoms with Crippen molar-refractivity contribution in [1.82, 2.24) is 15.0 Å². The van der Waals surface area contributed by atoms with Gasteiger partial charge >= 0.3 is 6.01 Å². The summed E-state index contributed by atoms with van der Waals surface area (Å²) in [6, 6.07) is 0.622. The van der Waals surface area contributed by atoms with Crippen LogP contribution >= 0.6 is 0 Å². The second-order valence-corrected chi connectivity index (χ2v) is 4.57. The van der Waals surface area contributed by atoms with Crippen LogP contribution < -0.4 is 15.0 Å². The van der Waals surface area contributed by atoms with Crippen LogP contribution in [-0.4, -0.2) is 53.9 Å². The van der Waals surface area contributed by atoms with Crippen molar-refractivity contribution in [2.75, 3.05) is 43.1 Å². The lowest BCUT2D eigenvalue weighted by Crippen LogP contribution is -2.37. The van der Waals surface area contributed by atoms with Crippen LogP contribution in [0.25, 0.3) is 0 Å². The van der Waals surface area contributed by atoms with Crippen LogP contribution in [0.15, 0.2) is 0 Å². The highest BCUT2D eigenvalue weighted by atomic mass is 16.5. The molecule has 1 fully saturated rings. The summed E-state index contributed by atoms with van der Waals surface area (Å²) in [5.41, 5.74) is 0. The molecule has 106 valence electrons. The van der Waals surface area contributed by atoms with Crippen LogP contribution in [0.1, 0.15) is 20.8 Å². The molecule has 0 atom stereocenters. The SMILES string of the molecule is CCOc1nc(NC(C)C)nc(N2CCOCC2)n1. The van der Waals surface area contributed by atoms with Crippen molar-refractivity contribution in [3.05, 3.63) is 0 Å². The number of anilines is 2. The first kappa shape index (κ1) is 13.8. The normalized spacial score (nSPS) is 15.7. The van der Waals surface area contributed by atoms with Gasteiger partial charge in [-0.3, -0.25) is 0 Å². The quantitative estimate of drug-likeness (QED) is 0.850. The molecule has 0 radical (unpaired) electrons. The molecule has 0 aliphatic carbocycles. The third-order valence-corrected chi connectivity index (χ3v) is 2.59. The van der Waals surface area contributed by atoms with Gasteiger partial charge in [0.1, 0.15) is 0 Å². The van der Waals surface area contributed by atoms with E-state index in [4.69, 9.17) is 9.47 Å². The Hall–Kier alpha value is -1.63. The highest BCUT2D eigenvalue weighted by Crippen LogP contribution is 2.16. The Morgan fingerprint density at radius 3 is 2.63 bits per heavy atom. The van der Waals surface area contributed by atoms with Crippen LogP contribution in [0.2, 0.25) is 0 Å². The molecule has 7 heteroatoms. The number of rotatable bonds is 5. The van der Waals surface area contributed by atoms with Gasteiger partial charge in [-0.25, -0.2) is 0 Å². The van der Waals surface area contributed by atoms with Crippen molar-refractivity contribution >= 4 is 11.9 Å². The molecule has 0 saturated carbocycles. The van der Waals surface area contributed by atoms with Gasteiger partial charge in [0.25, 0.3) is 0 Å². The van der Waals surface area contributed by atoms with Crippen molar-refractivity contribution in [3.8, 4) is 6.01 Å². The maximum atomic E-state index is 5.40. The lowest BCUT2D eigenvalue weighted by atomic mass is 10.4. The van der Waals surface area contributed by atoms with Crippen molar-refractivity contribution in [2.24, 2.45) is 0 Å². The molecule has 0 amide bonds. The zero-order valence-electron chi connectivity index (χ0n) is 11.7. The molecule has 0 aromatic carbocycles. The highest BCUT2D eigenvalue weighted by molar-refractivity contribution is 5.39. The second-order valence-electron chi connectivity index (χ2n) is 4.57. The van der Waals surface area contributed by atoms with Gasteiger partial charge in [-0.15, -0.1) is 0 Å². The summed E-state index contributed by atoms with van der Waals surface area (Å²) >= 11 is 0. The third kappa shape index (κ3) is 3.92. The Labute approximate surface area is 113 Å². The highest BCUT2D eigenvalue weighted by Gasteiger charge is 2.17. The fraction of sp³-hybridized carbons (Fsp3) is 0.750. The van der Waals surface area contributed by atoms with Gasteiger partial charge in [0.15, 0.2) is 0 Å². The Bertz CT molecular complexity index is 407. The summed E-state index contributed by atoms with van der Waals surface area (Å²) in [4.78, 5) is 15.1. The van der Waals surface area contributed by atoms with E-state index in [1.165, 1.54) is 0 Å². The minimum Gasteiger partial charge on any atom is -0.464 e. The summed E-state index contributed by atoms with van der Waals surface area (Å²) in [5, 5.41) is 3.18. The molecular formula is C12H21N5O2. The minimum absolute atomic E-state index is 0.259. The van der Waals surface area contributed by atoms with Crippen molar-refractivity contribution in [1.29, 1.82) is 0 Å². The topological polar surface area (TPSA) is 72.4 Å².